The summed E-state index contributed by atoms with van der Waals surface area (Å²) >= 11 is 0. The molecule has 0 amide bonds. The van der Waals surface area contributed by atoms with Crippen molar-refractivity contribution in [1.29, 1.82) is 0 Å². The van der Waals surface area contributed by atoms with Crippen LogP contribution in [-0.4, -0.2) is 22.6 Å². The molecule has 1 heterocycles. The quantitative estimate of drug-likeness (QED) is 0.714. The molecule has 2 N–H and O–H groups in total. The van der Waals surface area contributed by atoms with Gasteiger partial charge in [-0.3, -0.25) is 0 Å². The largest absolute Gasteiger partial charge is 0.477 e. The first-order valence-electron chi connectivity index (χ1n) is 6.03. The number of hydrogen-bond donors (Lipinski definition) is 2. The number of nitrogens with zero attached hydrogens (tertiary/aromatic N) is 1. The number of carboxylic acid groups (broad SMARTS) is 1. The predicted octanol–water partition coefficient (Wildman–Crippen LogP) is 3.02. The number of hydrogen-bond acceptors (Lipinski definition) is 3. The van der Waals surface area contributed by atoms with Crippen molar-refractivity contribution >= 4 is 11.7 Å². The van der Waals surface area contributed by atoms with Gasteiger partial charge in [0.1, 0.15) is 5.69 Å². The molecule has 0 aliphatic heterocycles. The molecule has 0 unspecified atom stereocenters. The maximum atomic E-state index is 10.6. The SMILES string of the molecule is CC(C)CCCCNc1ccc(C(=O)O)nc1. The molecule has 1 rings (SSSR count). The Bertz CT molecular complexity index is 347. The van der Waals surface area contributed by atoms with E-state index in [0.717, 1.165) is 24.6 Å². The van der Waals surface area contributed by atoms with Gasteiger partial charge in [-0.1, -0.05) is 26.7 Å². The maximum Gasteiger partial charge on any atom is 0.354 e. The van der Waals surface area contributed by atoms with Crippen molar-refractivity contribution in [3.05, 3.63) is 24.0 Å². The van der Waals surface area contributed by atoms with Crippen molar-refractivity contribution < 1.29 is 9.90 Å². The van der Waals surface area contributed by atoms with Gasteiger partial charge in [0.25, 0.3) is 0 Å². The lowest BCUT2D eigenvalue weighted by Gasteiger charge is -2.07. The molecular formula is C13H20N2O2. The van der Waals surface area contributed by atoms with Crippen LogP contribution in [0.4, 0.5) is 5.69 Å². The summed E-state index contributed by atoms with van der Waals surface area (Å²) < 4.78 is 0. The van der Waals surface area contributed by atoms with Gasteiger partial charge in [-0.05, 0) is 24.5 Å². The fraction of sp³-hybridized carbons (Fsp3) is 0.538. The van der Waals surface area contributed by atoms with E-state index < -0.39 is 5.97 Å². The van der Waals surface area contributed by atoms with E-state index in [0.29, 0.717) is 0 Å². The van der Waals surface area contributed by atoms with E-state index in [1.807, 2.05) is 0 Å². The first kappa shape index (κ1) is 13.5. The number of carbonyl (C=O) groups is 1. The first-order valence-corrected chi connectivity index (χ1v) is 6.03. The van der Waals surface area contributed by atoms with Gasteiger partial charge in [-0.2, -0.15) is 0 Å². The van der Waals surface area contributed by atoms with Crippen LogP contribution in [0, 0.1) is 5.92 Å². The molecule has 4 nitrogen and oxygen atoms in total. The highest BCUT2D eigenvalue weighted by molar-refractivity contribution is 5.85. The lowest BCUT2D eigenvalue weighted by molar-refractivity contribution is 0.0690. The lowest BCUT2D eigenvalue weighted by atomic mass is 10.1. The van der Waals surface area contributed by atoms with Crippen molar-refractivity contribution in [2.24, 2.45) is 5.92 Å². The van der Waals surface area contributed by atoms with Crippen LogP contribution in [0.5, 0.6) is 0 Å². The third kappa shape index (κ3) is 5.33. The fourth-order valence-corrected chi connectivity index (χ4v) is 1.54. The Morgan fingerprint density at radius 3 is 2.71 bits per heavy atom. The van der Waals surface area contributed by atoms with Gasteiger partial charge >= 0.3 is 5.97 Å². The number of pyridine rings is 1. The molecule has 1 aromatic heterocycles. The maximum absolute atomic E-state index is 10.6. The summed E-state index contributed by atoms with van der Waals surface area (Å²) in [5.41, 5.74) is 0.954. The number of anilines is 1. The molecular weight excluding hydrogens is 216 g/mol. The molecule has 0 radical (unpaired) electrons. The van der Waals surface area contributed by atoms with E-state index in [1.54, 1.807) is 12.3 Å². The minimum Gasteiger partial charge on any atom is -0.477 e. The van der Waals surface area contributed by atoms with Gasteiger partial charge < -0.3 is 10.4 Å². The standard InChI is InChI=1S/C13H20N2O2/c1-10(2)5-3-4-8-14-11-6-7-12(13(16)17)15-9-11/h6-7,9-10,14H,3-5,8H2,1-2H3,(H,16,17). The smallest absolute Gasteiger partial charge is 0.354 e. The molecule has 94 valence electrons. The summed E-state index contributed by atoms with van der Waals surface area (Å²) in [7, 11) is 0. The summed E-state index contributed by atoms with van der Waals surface area (Å²) in [5, 5.41) is 11.9. The van der Waals surface area contributed by atoms with Crippen LogP contribution in [-0.2, 0) is 0 Å². The molecule has 0 atom stereocenters. The summed E-state index contributed by atoms with van der Waals surface area (Å²) in [4.78, 5) is 14.4. The van der Waals surface area contributed by atoms with Gasteiger partial charge in [0, 0.05) is 6.54 Å². The molecule has 0 fully saturated rings. The van der Waals surface area contributed by atoms with E-state index in [-0.39, 0.29) is 5.69 Å². The first-order chi connectivity index (χ1) is 8.09. The zero-order chi connectivity index (χ0) is 12.7. The molecule has 1 aromatic rings. The van der Waals surface area contributed by atoms with Crippen LogP contribution in [0.3, 0.4) is 0 Å². The Balaban J connectivity index is 2.25. The topological polar surface area (TPSA) is 62.2 Å². The predicted molar refractivity (Wildman–Crippen MR) is 68.4 cm³/mol. The highest BCUT2D eigenvalue weighted by atomic mass is 16.4. The second kappa shape index (κ2) is 6.89. The van der Waals surface area contributed by atoms with E-state index in [1.165, 1.54) is 18.9 Å². The molecule has 0 saturated heterocycles. The van der Waals surface area contributed by atoms with E-state index in [9.17, 15) is 4.79 Å². The van der Waals surface area contributed by atoms with Gasteiger partial charge in [-0.15, -0.1) is 0 Å². The normalized spacial score (nSPS) is 10.5. The van der Waals surface area contributed by atoms with Crippen molar-refractivity contribution in [3.8, 4) is 0 Å². The second-order valence-corrected chi connectivity index (χ2v) is 4.55. The zero-order valence-corrected chi connectivity index (χ0v) is 10.4. The fourth-order valence-electron chi connectivity index (χ4n) is 1.54. The van der Waals surface area contributed by atoms with E-state index in [4.69, 9.17) is 5.11 Å². The van der Waals surface area contributed by atoms with Crippen LogP contribution >= 0.6 is 0 Å². The molecule has 0 spiro atoms. The van der Waals surface area contributed by atoms with Gasteiger partial charge in [0.15, 0.2) is 0 Å². The number of rotatable bonds is 7. The van der Waals surface area contributed by atoms with Gasteiger partial charge in [0.05, 0.1) is 11.9 Å². The van der Waals surface area contributed by atoms with Crippen molar-refractivity contribution in [2.75, 3.05) is 11.9 Å². The summed E-state index contributed by atoms with van der Waals surface area (Å²) in [5.74, 6) is -0.236. The molecule has 0 aliphatic rings. The third-order valence-electron chi connectivity index (χ3n) is 2.52. The van der Waals surface area contributed by atoms with Crippen LogP contribution in [0.25, 0.3) is 0 Å². The van der Waals surface area contributed by atoms with Crippen LogP contribution in [0.15, 0.2) is 18.3 Å². The third-order valence-corrected chi connectivity index (χ3v) is 2.52. The zero-order valence-electron chi connectivity index (χ0n) is 10.4. The minimum atomic E-state index is -0.992. The monoisotopic (exact) mass is 236 g/mol. The molecule has 0 bridgehead atoms. The number of aromatic carboxylic acids is 1. The molecule has 0 saturated carbocycles. The Morgan fingerprint density at radius 2 is 2.18 bits per heavy atom. The van der Waals surface area contributed by atoms with Crippen LogP contribution in [0.2, 0.25) is 0 Å². The van der Waals surface area contributed by atoms with Crippen molar-refractivity contribution in [3.63, 3.8) is 0 Å². The number of aromatic nitrogens is 1. The van der Waals surface area contributed by atoms with Crippen LogP contribution in [0.1, 0.15) is 43.6 Å². The van der Waals surface area contributed by atoms with Gasteiger partial charge in [-0.25, -0.2) is 9.78 Å². The Labute approximate surface area is 102 Å². The number of carboxylic acids is 1. The Hall–Kier alpha value is -1.58. The number of unbranched alkanes of at least 4 members (excludes halogenated alkanes) is 1. The molecule has 0 aliphatic carbocycles. The Kier molecular flexibility index (Phi) is 5.46. The highest BCUT2D eigenvalue weighted by Crippen LogP contribution is 2.09. The average Bonchev–Trinajstić information content (AvgIpc) is 2.29. The minimum absolute atomic E-state index is 0.0790. The highest BCUT2D eigenvalue weighted by Gasteiger charge is 2.02. The van der Waals surface area contributed by atoms with E-state index >= 15 is 0 Å². The Morgan fingerprint density at radius 1 is 1.41 bits per heavy atom. The molecule has 4 heteroatoms. The van der Waals surface area contributed by atoms with Crippen LogP contribution < -0.4 is 5.32 Å². The second-order valence-electron chi connectivity index (χ2n) is 4.55. The lowest BCUT2D eigenvalue weighted by Crippen LogP contribution is -2.04. The summed E-state index contributed by atoms with van der Waals surface area (Å²) in [6, 6.07) is 3.26. The molecule has 0 aromatic carbocycles. The average molecular weight is 236 g/mol. The van der Waals surface area contributed by atoms with E-state index in [2.05, 4.69) is 24.1 Å². The summed E-state index contributed by atoms with van der Waals surface area (Å²) in [6.07, 6.45) is 5.15. The number of nitrogens with one attached hydrogen (secondary N) is 1. The molecule has 17 heavy (non-hydrogen) atoms. The van der Waals surface area contributed by atoms with Crippen molar-refractivity contribution in [2.45, 2.75) is 33.1 Å². The van der Waals surface area contributed by atoms with Crippen molar-refractivity contribution in [1.82, 2.24) is 4.98 Å². The van der Waals surface area contributed by atoms with Gasteiger partial charge in [0.2, 0.25) is 0 Å². The summed E-state index contributed by atoms with van der Waals surface area (Å²) in [6.45, 7) is 5.35.